The molecule has 154 valence electrons. The van der Waals surface area contributed by atoms with Crippen LogP contribution in [0.2, 0.25) is 0 Å². The summed E-state index contributed by atoms with van der Waals surface area (Å²) < 4.78 is 1.15. The molecule has 2 aromatic rings. The third-order valence-corrected chi connectivity index (χ3v) is 6.53. The second kappa shape index (κ2) is 10.3. The number of carbonyl (C=O) groups is 1. The minimum Gasteiger partial charge on any atom is -0.306 e. The number of aromatic nitrogens is 1. The summed E-state index contributed by atoms with van der Waals surface area (Å²) in [5.74, 6) is 0.905. The van der Waals surface area contributed by atoms with Gasteiger partial charge in [-0.15, -0.1) is 0 Å². The Morgan fingerprint density at radius 1 is 1.32 bits per heavy atom. The Labute approximate surface area is 173 Å². The smallest absolute Gasteiger partial charge is 0.227 e. The van der Waals surface area contributed by atoms with Crippen molar-refractivity contribution in [3.8, 4) is 0 Å². The van der Waals surface area contributed by atoms with Crippen LogP contribution < -0.4 is 5.32 Å². The van der Waals surface area contributed by atoms with Crippen LogP contribution in [0.1, 0.15) is 51.5 Å². The second-order valence-electron chi connectivity index (χ2n) is 8.23. The van der Waals surface area contributed by atoms with Crippen molar-refractivity contribution in [2.24, 2.45) is 5.92 Å². The highest BCUT2D eigenvalue weighted by Gasteiger charge is 2.16. The zero-order valence-electron chi connectivity index (χ0n) is 17.5. The van der Waals surface area contributed by atoms with Crippen molar-refractivity contribution in [2.75, 3.05) is 38.5 Å². The molecule has 1 amide bonds. The van der Waals surface area contributed by atoms with E-state index < -0.39 is 0 Å². The zero-order valence-corrected chi connectivity index (χ0v) is 18.4. The standard InChI is InChI=1S/C22H34N4OS/c1-4-5-11-25(3)12-10-21(27)24-22-23-19-7-6-18(15-20(19)28-22)16-26-13-8-17(2)9-14-26/h6-7,15,17H,4-5,8-14,16H2,1-3H3,(H,23,24,27). The van der Waals surface area contributed by atoms with Gasteiger partial charge in [-0.05, 0) is 69.6 Å². The number of carbonyl (C=O) groups excluding carboxylic acids is 1. The number of nitrogens with zero attached hydrogens (tertiary/aromatic N) is 3. The Hall–Kier alpha value is -1.50. The number of anilines is 1. The van der Waals surface area contributed by atoms with Gasteiger partial charge in [0.25, 0.3) is 0 Å². The predicted molar refractivity (Wildman–Crippen MR) is 119 cm³/mol. The third kappa shape index (κ3) is 6.26. The number of fused-ring (bicyclic) bond motifs is 1. The summed E-state index contributed by atoms with van der Waals surface area (Å²) in [6, 6.07) is 6.50. The molecule has 6 heteroatoms. The molecular formula is C22H34N4OS. The van der Waals surface area contributed by atoms with Crippen molar-refractivity contribution in [3.63, 3.8) is 0 Å². The number of rotatable bonds is 9. The molecule has 0 saturated carbocycles. The van der Waals surface area contributed by atoms with Crippen molar-refractivity contribution in [2.45, 2.75) is 52.5 Å². The van der Waals surface area contributed by atoms with Gasteiger partial charge in [-0.3, -0.25) is 9.69 Å². The van der Waals surface area contributed by atoms with Crippen LogP contribution in [0.15, 0.2) is 18.2 Å². The molecule has 0 radical (unpaired) electrons. The van der Waals surface area contributed by atoms with Crippen molar-refractivity contribution in [1.82, 2.24) is 14.8 Å². The number of piperidine rings is 1. The molecule has 5 nitrogen and oxygen atoms in total. The van der Waals surface area contributed by atoms with E-state index in [-0.39, 0.29) is 5.91 Å². The van der Waals surface area contributed by atoms with E-state index in [9.17, 15) is 4.79 Å². The lowest BCUT2D eigenvalue weighted by atomic mass is 9.99. The second-order valence-corrected chi connectivity index (χ2v) is 9.27. The number of unbranched alkanes of at least 4 members (excludes halogenated alkanes) is 1. The highest BCUT2D eigenvalue weighted by atomic mass is 32.1. The minimum absolute atomic E-state index is 0.0464. The van der Waals surface area contributed by atoms with Crippen LogP contribution in [0, 0.1) is 5.92 Å². The SMILES string of the molecule is CCCCN(C)CCC(=O)Nc1nc2ccc(CN3CCC(C)CC3)cc2s1. The summed E-state index contributed by atoms with van der Waals surface area (Å²) in [5.41, 5.74) is 2.30. The first kappa shape index (κ1) is 21.2. The summed E-state index contributed by atoms with van der Waals surface area (Å²) >= 11 is 1.58. The van der Waals surface area contributed by atoms with E-state index >= 15 is 0 Å². The fraction of sp³-hybridized carbons (Fsp3) is 0.636. The molecule has 0 unspecified atom stereocenters. The summed E-state index contributed by atoms with van der Waals surface area (Å²) in [7, 11) is 2.07. The third-order valence-electron chi connectivity index (χ3n) is 5.60. The molecule has 0 spiro atoms. The predicted octanol–water partition coefficient (Wildman–Crippen LogP) is 4.59. The maximum atomic E-state index is 12.2. The van der Waals surface area contributed by atoms with Crippen molar-refractivity contribution in [3.05, 3.63) is 23.8 Å². The van der Waals surface area contributed by atoms with Crippen LogP contribution in [0.3, 0.4) is 0 Å². The Morgan fingerprint density at radius 2 is 2.11 bits per heavy atom. The van der Waals surface area contributed by atoms with E-state index in [0.29, 0.717) is 11.6 Å². The van der Waals surface area contributed by atoms with Crippen LogP contribution in [-0.4, -0.2) is 53.9 Å². The monoisotopic (exact) mass is 402 g/mol. The number of thiazole rings is 1. The highest BCUT2D eigenvalue weighted by Crippen LogP contribution is 2.28. The number of nitrogens with one attached hydrogen (secondary N) is 1. The van der Waals surface area contributed by atoms with Crippen molar-refractivity contribution >= 4 is 32.6 Å². The number of hydrogen-bond donors (Lipinski definition) is 1. The van der Waals surface area contributed by atoms with Crippen molar-refractivity contribution < 1.29 is 4.79 Å². The maximum absolute atomic E-state index is 12.2. The molecule has 0 aliphatic carbocycles. The number of benzene rings is 1. The maximum Gasteiger partial charge on any atom is 0.227 e. The first-order valence-electron chi connectivity index (χ1n) is 10.6. The fourth-order valence-electron chi connectivity index (χ4n) is 3.61. The van der Waals surface area contributed by atoms with E-state index in [1.807, 2.05) is 0 Å². The summed E-state index contributed by atoms with van der Waals surface area (Å²) in [6.45, 7) is 9.75. The van der Waals surface area contributed by atoms with Gasteiger partial charge in [0.2, 0.25) is 5.91 Å². The molecule has 0 bridgehead atoms. The number of amides is 1. The van der Waals surface area contributed by atoms with Gasteiger partial charge >= 0.3 is 0 Å². The summed E-state index contributed by atoms with van der Waals surface area (Å²) in [6.07, 6.45) is 5.46. The molecule has 1 aromatic carbocycles. The van der Waals surface area contributed by atoms with Gasteiger partial charge in [0.1, 0.15) is 0 Å². The molecule has 1 N–H and O–H groups in total. The van der Waals surface area contributed by atoms with Gasteiger partial charge in [-0.25, -0.2) is 4.98 Å². The largest absolute Gasteiger partial charge is 0.306 e. The zero-order chi connectivity index (χ0) is 19.9. The molecule has 1 aromatic heterocycles. The molecule has 2 heterocycles. The lowest BCUT2D eigenvalue weighted by molar-refractivity contribution is -0.116. The van der Waals surface area contributed by atoms with Gasteiger partial charge in [-0.2, -0.15) is 0 Å². The molecule has 1 fully saturated rings. The molecular weight excluding hydrogens is 368 g/mol. The van der Waals surface area contributed by atoms with E-state index in [1.54, 1.807) is 11.3 Å². The Bertz CT molecular complexity index is 767. The molecule has 3 rings (SSSR count). The lowest BCUT2D eigenvalue weighted by Gasteiger charge is -2.30. The van der Waals surface area contributed by atoms with Crippen LogP contribution in [0.5, 0.6) is 0 Å². The van der Waals surface area contributed by atoms with Gasteiger partial charge in [-0.1, -0.05) is 37.7 Å². The molecule has 28 heavy (non-hydrogen) atoms. The van der Waals surface area contributed by atoms with Crippen LogP contribution in [0.25, 0.3) is 10.2 Å². The van der Waals surface area contributed by atoms with Crippen LogP contribution in [-0.2, 0) is 11.3 Å². The van der Waals surface area contributed by atoms with Gasteiger partial charge in [0, 0.05) is 19.5 Å². The van der Waals surface area contributed by atoms with E-state index in [0.717, 1.165) is 35.8 Å². The Balaban J connectivity index is 1.53. The summed E-state index contributed by atoms with van der Waals surface area (Å²) in [5, 5.41) is 3.69. The molecule has 1 aliphatic rings. The highest BCUT2D eigenvalue weighted by molar-refractivity contribution is 7.22. The van der Waals surface area contributed by atoms with E-state index in [1.165, 1.54) is 44.3 Å². The van der Waals surface area contributed by atoms with E-state index in [4.69, 9.17) is 0 Å². The molecule has 1 aliphatic heterocycles. The Kier molecular flexibility index (Phi) is 7.82. The average molecular weight is 403 g/mol. The van der Waals surface area contributed by atoms with Gasteiger partial charge in [0.15, 0.2) is 5.13 Å². The van der Waals surface area contributed by atoms with Crippen LogP contribution >= 0.6 is 11.3 Å². The normalized spacial score (nSPS) is 16.1. The molecule has 0 atom stereocenters. The van der Waals surface area contributed by atoms with Crippen molar-refractivity contribution in [1.29, 1.82) is 0 Å². The van der Waals surface area contributed by atoms with Gasteiger partial charge in [0.05, 0.1) is 10.2 Å². The van der Waals surface area contributed by atoms with Crippen LogP contribution in [0.4, 0.5) is 5.13 Å². The Morgan fingerprint density at radius 3 is 2.86 bits per heavy atom. The number of hydrogen-bond acceptors (Lipinski definition) is 5. The average Bonchev–Trinajstić information content (AvgIpc) is 3.08. The first-order chi connectivity index (χ1) is 13.5. The summed E-state index contributed by atoms with van der Waals surface area (Å²) in [4.78, 5) is 21.6. The quantitative estimate of drug-likeness (QED) is 0.666. The fourth-order valence-corrected chi connectivity index (χ4v) is 4.56. The first-order valence-corrected chi connectivity index (χ1v) is 11.5. The topological polar surface area (TPSA) is 48.5 Å². The molecule has 1 saturated heterocycles. The van der Waals surface area contributed by atoms with E-state index in [2.05, 4.69) is 59.2 Å². The minimum atomic E-state index is 0.0464. The number of likely N-dealkylation sites (tertiary alicyclic amines) is 1. The lowest BCUT2D eigenvalue weighted by Crippen LogP contribution is -2.32. The van der Waals surface area contributed by atoms with Gasteiger partial charge < -0.3 is 10.2 Å².